The SMILES string of the molecule is CCC(C)(CCCl)NC(=O)c1cccc([N+](=O)[O-])c1. The third-order valence-electron chi connectivity index (χ3n) is 3.16. The fourth-order valence-corrected chi connectivity index (χ4v) is 2.06. The smallest absolute Gasteiger partial charge is 0.270 e. The Labute approximate surface area is 117 Å². The summed E-state index contributed by atoms with van der Waals surface area (Å²) in [6.07, 6.45) is 1.38. The number of rotatable bonds is 6. The van der Waals surface area contributed by atoms with Crippen LogP contribution in [0.3, 0.4) is 0 Å². The summed E-state index contributed by atoms with van der Waals surface area (Å²) in [4.78, 5) is 22.2. The molecule has 104 valence electrons. The topological polar surface area (TPSA) is 72.2 Å². The average molecular weight is 285 g/mol. The molecule has 0 aromatic heterocycles. The van der Waals surface area contributed by atoms with E-state index in [0.29, 0.717) is 12.3 Å². The Kier molecular flexibility index (Phi) is 5.30. The van der Waals surface area contributed by atoms with Gasteiger partial charge in [0.25, 0.3) is 11.6 Å². The molecule has 0 bridgehead atoms. The van der Waals surface area contributed by atoms with Gasteiger partial charge in [-0.1, -0.05) is 13.0 Å². The fourth-order valence-electron chi connectivity index (χ4n) is 1.64. The van der Waals surface area contributed by atoms with E-state index in [0.717, 1.165) is 6.42 Å². The van der Waals surface area contributed by atoms with Crippen molar-refractivity contribution in [3.63, 3.8) is 0 Å². The maximum absolute atomic E-state index is 12.1. The summed E-state index contributed by atoms with van der Waals surface area (Å²) in [6.45, 7) is 3.87. The van der Waals surface area contributed by atoms with E-state index in [-0.39, 0.29) is 17.2 Å². The summed E-state index contributed by atoms with van der Waals surface area (Å²) in [6, 6.07) is 5.68. The van der Waals surface area contributed by atoms with Crippen LogP contribution in [0.2, 0.25) is 0 Å². The van der Waals surface area contributed by atoms with Crippen LogP contribution in [-0.2, 0) is 0 Å². The maximum atomic E-state index is 12.1. The Morgan fingerprint density at radius 2 is 2.21 bits per heavy atom. The van der Waals surface area contributed by atoms with E-state index in [4.69, 9.17) is 11.6 Å². The van der Waals surface area contributed by atoms with Crippen LogP contribution in [0.15, 0.2) is 24.3 Å². The standard InChI is InChI=1S/C13H17ClN2O3/c1-3-13(2,7-8-14)15-12(17)10-5-4-6-11(9-10)16(18)19/h4-6,9H,3,7-8H2,1-2H3,(H,15,17). The van der Waals surface area contributed by atoms with Crippen LogP contribution in [-0.4, -0.2) is 22.2 Å². The lowest BCUT2D eigenvalue weighted by atomic mass is 9.95. The molecule has 0 radical (unpaired) electrons. The Balaban J connectivity index is 2.88. The molecule has 1 aromatic carbocycles. The molecule has 5 nitrogen and oxygen atoms in total. The largest absolute Gasteiger partial charge is 0.347 e. The third-order valence-corrected chi connectivity index (χ3v) is 3.35. The number of nitro benzene ring substituents is 1. The van der Waals surface area contributed by atoms with Crippen LogP contribution < -0.4 is 5.32 Å². The van der Waals surface area contributed by atoms with Crippen LogP contribution in [0.5, 0.6) is 0 Å². The van der Waals surface area contributed by atoms with Gasteiger partial charge >= 0.3 is 0 Å². The van der Waals surface area contributed by atoms with Gasteiger partial charge in [0, 0.05) is 29.1 Å². The van der Waals surface area contributed by atoms with Gasteiger partial charge in [-0.25, -0.2) is 0 Å². The molecule has 1 N–H and O–H groups in total. The predicted molar refractivity (Wildman–Crippen MR) is 74.6 cm³/mol. The molecule has 1 aromatic rings. The molecule has 0 saturated carbocycles. The lowest BCUT2D eigenvalue weighted by Crippen LogP contribution is -2.45. The number of alkyl halides is 1. The highest BCUT2D eigenvalue weighted by atomic mass is 35.5. The van der Waals surface area contributed by atoms with E-state index < -0.39 is 10.5 Å². The molecule has 1 atom stereocenters. The number of non-ortho nitro benzene ring substituents is 1. The van der Waals surface area contributed by atoms with E-state index in [2.05, 4.69) is 5.32 Å². The van der Waals surface area contributed by atoms with Gasteiger partial charge in [0.1, 0.15) is 0 Å². The molecule has 0 aliphatic heterocycles. The molecule has 0 heterocycles. The van der Waals surface area contributed by atoms with Crippen LogP contribution >= 0.6 is 11.6 Å². The number of hydrogen-bond donors (Lipinski definition) is 1. The van der Waals surface area contributed by atoms with Crippen molar-refractivity contribution < 1.29 is 9.72 Å². The summed E-state index contributed by atoms with van der Waals surface area (Å²) in [7, 11) is 0. The Bertz CT molecular complexity index is 479. The van der Waals surface area contributed by atoms with E-state index in [1.807, 2.05) is 13.8 Å². The molecule has 0 saturated heterocycles. The summed E-state index contributed by atoms with van der Waals surface area (Å²) >= 11 is 5.72. The van der Waals surface area contributed by atoms with Crippen LogP contribution in [0, 0.1) is 10.1 Å². The van der Waals surface area contributed by atoms with E-state index in [1.165, 1.54) is 18.2 Å². The highest BCUT2D eigenvalue weighted by Crippen LogP contribution is 2.18. The molecule has 0 fully saturated rings. The minimum atomic E-state index is -0.519. The molecular formula is C13H17ClN2O3. The second-order valence-corrected chi connectivity index (χ2v) is 4.99. The Morgan fingerprint density at radius 3 is 2.74 bits per heavy atom. The van der Waals surface area contributed by atoms with Gasteiger partial charge in [-0.05, 0) is 25.8 Å². The third kappa shape index (κ3) is 4.21. The number of hydrogen-bond acceptors (Lipinski definition) is 3. The molecule has 0 spiro atoms. The highest BCUT2D eigenvalue weighted by Gasteiger charge is 2.24. The molecule has 19 heavy (non-hydrogen) atoms. The lowest BCUT2D eigenvalue weighted by molar-refractivity contribution is -0.384. The van der Waals surface area contributed by atoms with Gasteiger partial charge in [0.05, 0.1) is 4.92 Å². The van der Waals surface area contributed by atoms with Crippen molar-refractivity contribution in [1.82, 2.24) is 5.32 Å². The zero-order valence-corrected chi connectivity index (χ0v) is 11.7. The molecule has 1 amide bonds. The minimum Gasteiger partial charge on any atom is -0.347 e. The van der Waals surface area contributed by atoms with Crippen molar-refractivity contribution in [2.45, 2.75) is 32.2 Å². The van der Waals surface area contributed by atoms with Crippen molar-refractivity contribution in [1.29, 1.82) is 0 Å². The maximum Gasteiger partial charge on any atom is 0.270 e. The number of carbonyl (C=O) groups is 1. The fraction of sp³-hybridized carbons (Fsp3) is 0.462. The zero-order valence-electron chi connectivity index (χ0n) is 11.0. The molecule has 0 aliphatic rings. The van der Waals surface area contributed by atoms with Gasteiger partial charge in [0.2, 0.25) is 0 Å². The van der Waals surface area contributed by atoms with Crippen LogP contribution in [0.4, 0.5) is 5.69 Å². The Hall–Kier alpha value is -1.62. The van der Waals surface area contributed by atoms with Crippen molar-refractivity contribution in [3.05, 3.63) is 39.9 Å². The number of carbonyl (C=O) groups excluding carboxylic acids is 1. The highest BCUT2D eigenvalue weighted by molar-refractivity contribution is 6.17. The number of nitrogens with one attached hydrogen (secondary N) is 1. The van der Waals surface area contributed by atoms with Crippen molar-refractivity contribution in [3.8, 4) is 0 Å². The lowest BCUT2D eigenvalue weighted by Gasteiger charge is -2.28. The summed E-state index contributed by atoms with van der Waals surface area (Å²) in [5.41, 5.74) is -0.213. The Morgan fingerprint density at radius 1 is 1.53 bits per heavy atom. The quantitative estimate of drug-likeness (QED) is 0.495. The zero-order chi connectivity index (χ0) is 14.5. The number of amides is 1. The van der Waals surface area contributed by atoms with E-state index in [9.17, 15) is 14.9 Å². The van der Waals surface area contributed by atoms with Gasteiger partial charge in [-0.15, -0.1) is 11.6 Å². The van der Waals surface area contributed by atoms with Gasteiger partial charge < -0.3 is 5.32 Å². The summed E-state index contributed by atoms with van der Waals surface area (Å²) in [5, 5.41) is 13.6. The number of halogens is 1. The van der Waals surface area contributed by atoms with Gasteiger partial charge in [0.15, 0.2) is 0 Å². The molecule has 1 rings (SSSR count). The first-order valence-electron chi connectivity index (χ1n) is 6.05. The van der Waals surface area contributed by atoms with Crippen LogP contribution in [0.25, 0.3) is 0 Å². The number of nitro groups is 1. The van der Waals surface area contributed by atoms with Crippen molar-refractivity contribution in [2.75, 3.05) is 5.88 Å². The van der Waals surface area contributed by atoms with Gasteiger partial charge in [-0.3, -0.25) is 14.9 Å². The normalized spacial score (nSPS) is 13.6. The average Bonchev–Trinajstić information content (AvgIpc) is 2.39. The monoisotopic (exact) mass is 284 g/mol. The second-order valence-electron chi connectivity index (χ2n) is 4.61. The van der Waals surface area contributed by atoms with Crippen molar-refractivity contribution in [2.24, 2.45) is 0 Å². The molecule has 0 aliphatic carbocycles. The first-order chi connectivity index (χ1) is 8.91. The van der Waals surface area contributed by atoms with Crippen molar-refractivity contribution >= 4 is 23.2 Å². The molecule has 1 unspecified atom stereocenters. The van der Waals surface area contributed by atoms with Gasteiger partial charge in [-0.2, -0.15) is 0 Å². The molecule has 6 heteroatoms. The van der Waals surface area contributed by atoms with Crippen LogP contribution in [0.1, 0.15) is 37.0 Å². The van der Waals surface area contributed by atoms with E-state index in [1.54, 1.807) is 6.07 Å². The predicted octanol–water partition coefficient (Wildman–Crippen LogP) is 3.12. The summed E-state index contributed by atoms with van der Waals surface area (Å²) in [5.74, 6) is 0.123. The summed E-state index contributed by atoms with van der Waals surface area (Å²) < 4.78 is 0. The first-order valence-corrected chi connectivity index (χ1v) is 6.58. The second kappa shape index (κ2) is 6.52. The number of nitrogens with zero attached hydrogens (tertiary/aromatic N) is 1. The molecular weight excluding hydrogens is 268 g/mol. The minimum absolute atomic E-state index is 0.0943. The first kappa shape index (κ1) is 15.4. The van der Waals surface area contributed by atoms with E-state index >= 15 is 0 Å². The number of benzene rings is 1.